The van der Waals surface area contributed by atoms with E-state index in [4.69, 9.17) is 11.6 Å². The molecular weight excluding hydrogens is 242 g/mol. The van der Waals surface area contributed by atoms with Crippen molar-refractivity contribution in [3.8, 4) is 5.75 Å². The van der Waals surface area contributed by atoms with Crippen LogP contribution in [0, 0.1) is 0 Å². The molecule has 0 N–H and O–H groups in total. The van der Waals surface area contributed by atoms with Gasteiger partial charge >= 0.3 is 58.4 Å². The van der Waals surface area contributed by atoms with E-state index in [0.29, 0.717) is 0 Å². The predicted octanol–water partition coefficient (Wildman–Crippen LogP) is -0.593. The summed E-state index contributed by atoms with van der Waals surface area (Å²) in [7, 11) is 1.16. The Labute approximate surface area is 127 Å². The van der Waals surface area contributed by atoms with Crippen LogP contribution in [0.25, 0.3) is 0 Å². The Balaban J connectivity index is 0.00000169. The van der Waals surface area contributed by atoms with E-state index in [1.165, 1.54) is 12.1 Å². The minimum absolute atomic E-state index is 0. The van der Waals surface area contributed by atoms with Crippen molar-refractivity contribution < 1.29 is 69.1 Å². The van der Waals surface area contributed by atoms with E-state index in [1.807, 2.05) is 0 Å². The zero-order chi connectivity index (χ0) is 10.1. The molecule has 0 aliphatic heterocycles. The zero-order valence-electron chi connectivity index (χ0n) is 7.73. The molecule has 0 unspecified atom stereocenters. The molecular formula is C7H6BClF3KO. The van der Waals surface area contributed by atoms with Crippen LogP contribution in [0.2, 0.25) is 5.02 Å². The number of methoxy groups -OCH3 is 1. The van der Waals surface area contributed by atoms with Crippen LogP contribution in [0.4, 0.5) is 12.9 Å². The second-order valence-corrected chi connectivity index (χ2v) is 2.84. The molecule has 0 fully saturated rings. The Bertz CT molecular complexity index is 318. The van der Waals surface area contributed by atoms with Gasteiger partial charge in [-0.05, 0) is 6.07 Å². The molecule has 1 nitrogen and oxygen atoms in total. The van der Waals surface area contributed by atoms with Gasteiger partial charge in [0.05, 0.1) is 12.1 Å². The average Bonchev–Trinajstić information content (AvgIpc) is 2.02. The van der Waals surface area contributed by atoms with Crippen LogP contribution in [0.15, 0.2) is 18.2 Å². The SMILES string of the molecule is COc1c(Cl)cccc1[B-](F)(F)F.[K+]. The molecule has 0 aromatic heterocycles. The number of para-hydroxylation sites is 1. The topological polar surface area (TPSA) is 9.23 Å². The first kappa shape index (κ1) is 14.8. The van der Waals surface area contributed by atoms with Gasteiger partial charge in [-0.3, -0.25) is 0 Å². The second kappa shape index (κ2) is 5.77. The standard InChI is InChI=1S/C7H6BClF3O.K/c1-13-7-5(8(10,11)12)3-2-4-6(7)9;/h2-4H,1H3;/q-1;+1. The van der Waals surface area contributed by atoms with Gasteiger partial charge in [-0.25, -0.2) is 0 Å². The third-order valence-electron chi connectivity index (χ3n) is 1.55. The quantitative estimate of drug-likeness (QED) is 0.636. The predicted molar refractivity (Wildman–Crippen MR) is 46.7 cm³/mol. The van der Waals surface area contributed by atoms with Crippen molar-refractivity contribution in [2.45, 2.75) is 0 Å². The molecule has 1 aromatic carbocycles. The summed E-state index contributed by atoms with van der Waals surface area (Å²) in [6, 6.07) is 3.55. The summed E-state index contributed by atoms with van der Waals surface area (Å²) < 4.78 is 41.6. The van der Waals surface area contributed by atoms with Crippen molar-refractivity contribution in [1.29, 1.82) is 0 Å². The number of halogens is 4. The van der Waals surface area contributed by atoms with Crippen molar-refractivity contribution in [3.63, 3.8) is 0 Å². The van der Waals surface area contributed by atoms with E-state index in [0.717, 1.165) is 13.2 Å². The van der Waals surface area contributed by atoms with Crippen molar-refractivity contribution in [2.24, 2.45) is 0 Å². The van der Waals surface area contributed by atoms with E-state index in [-0.39, 0.29) is 62.2 Å². The third kappa shape index (κ3) is 3.43. The number of hydrogen-bond donors (Lipinski definition) is 0. The minimum Gasteiger partial charge on any atom is -0.498 e. The largest absolute Gasteiger partial charge is 1.00 e. The third-order valence-corrected chi connectivity index (χ3v) is 1.85. The first-order valence-electron chi connectivity index (χ1n) is 3.49. The molecule has 7 heteroatoms. The van der Waals surface area contributed by atoms with E-state index < -0.39 is 12.4 Å². The summed E-state index contributed by atoms with van der Waals surface area (Å²) in [6.45, 7) is -5.07. The average molecular weight is 248 g/mol. The maximum Gasteiger partial charge on any atom is 1.00 e. The van der Waals surface area contributed by atoms with Crippen LogP contribution in [0.3, 0.4) is 0 Å². The Hall–Kier alpha value is 0.801. The molecule has 72 valence electrons. The summed E-state index contributed by atoms with van der Waals surface area (Å²) in [5.41, 5.74) is -0.796. The molecule has 1 aromatic rings. The van der Waals surface area contributed by atoms with Crippen LogP contribution in [0.5, 0.6) is 5.75 Å². The van der Waals surface area contributed by atoms with E-state index >= 15 is 0 Å². The van der Waals surface area contributed by atoms with Crippen molar-refractivity contribution >= 4 is 24.0 Å². The van der Waals surface area contributed by atoms with Gasteiger partial charge in [0, 0.05) is 0 Å². The van der Waals surface area contributed by atoms with Gasteiger partial charge in [0.25, 0.3) is 0 Å². The first-order valence-corrected chi connectivity index (χ1v) is 3.87. The van der Waals surface area contributed by atoms with Gasteiger partial charge in [0.1, 0.15) is 5.75 Å². The van der Waals surface area contributed by atoms with E-state index in [2.05, 4.69) is 4.74 Å². The molecule has 0 saturated carbocycles. The smallest absolute Gasteiger partial charge is 0.498 e. The summed E-state index contributed by atoms with van der Waals surface area (Å²) in [6.07, 6.45) is 0. The van der Waals surface area contributed by atoms with Gasteiger partial charge in [-0.1, -0.05) is 29.2 Å². The van der Waals surface area contributed by atoms with Gasteiger partial charge in [0.15, 0.2) is 0 Å². The van der Waals surface area contributed by atoms with Crippen LogP contribution in [-0.2, 0) is 0 Å². The molecule has 0 aliphatic rings. The number of rotatable bonds is 2. The summed E-state index contributed by atoms with van der Waals surface area (Å²) in [4.78, 5) is 0. The van der Waals surface area contributed by atoms with Crippen molar-refractivity contribution in [3.05, 3.63) is 23.2 Å². The fraction of sp³-hybridized carbons (Fsp3) is 0.143. The Morgan fingerprint density at radius 2 is 1.86 bits per heavy atom. The summed E-state index contributed by atoms with van der Waals surface area (Å²) in [5.74, 6) is -0.309. The summed E-state index contributed by atoms with van der Waals surface area (Å²) >= 11 is 5.52. The number of ether oxygens (including phenoxy) is 1. The molecule has 0 aliphatic carbocycles. The molecule has 0 spiro atoms. The van der Waals surface area contributed by atoms with Crippen LogP contribution in [-0.4, -0.2) is 14.1 Å². The Morgan fingerprint density at radius 1 is 1.29 bits per heavy atom. The first-order chi connectivity index (χ1) is 5.96. The normalized spacial score (nSPS) is 10.6. The minimum atomic E-state index is -5.07. The van der Waals surface area contributed by atoms with Crippen LogP contribution in [0.1, 0.15) is 0 Å². The molecule has 0 radical (unpaired) electrons. The molecule has 0 bridgehead atoms. The molecule has 14 heavy (non-hydrogen) atoms. The molecule has 1 rings (SSSR count). The van der Waals surface area contributed by atoms with Crippen molar-refractivity contribution in [1.82, 2.24) is 0 Å². The maximum atomic E-state index is 12.3. The van der Waals surface area contributed by atoms with Crippen LogP contribution >= 0.6 is 11.6 Å². The summed E-state index contributed by atoms with van der Waals surface area (Å²) in [5, 5.41) is -0.0285. The number of benzene rings is 1. The van der Waals surface area contributed by atoms with Gasteiger partial charge in [0.2, 0.25) is 0 Å². The second-order valence-electron chi connectivity index (χ2n) is 2.44. The number of hydrogen-bond acceptors (Lipinski definition) is 1. The molecule has 0 heterocycles. The van der Waals surface area contributed by atoms with Crippen molar-refractivity contribution in [2.75, 3.05) is 7.11 Å². The molecule has 0 amide bonds. The van der Waals surface area contributed by atoms with Gasteiger partial charge in [-0.15, -0.1) is 0 Å². The molecule has 0 saturated heterocycles. The molecule has 0 atom stereocenters. The van der Waals surface area contributed by atoms with Crippen LogP contribution < -0.4 is 61.6 Å². The monoisotopic (exact) mass is 248 g/mol. The Morgan fingerprint density at radius 3 is 2.21 bits per heavy atom. The van der Waals surface area contributed by atoms with E-state index in [1.54, 1.807) is 0 Å². The van der Waals surface area contributed by atoms with Gasteiger partial charge in [-0.2, -0.15) is 0 Å². The maximum absolute atomic E-state index is 12.3. The van der Waals surface area contributed by atoms with E-state index in [9.17, 15) is 12.9 Å². The Kier molecular flexibility index (Phi) is 6.10. The zero-order valence-corrected chi connectivity index (χ0v) is 11.6. The fourth-order valence-corrected chi connectivity index (χ4v) is 1.26. The van der Waals surface area contributed by atoms with Gasteiger partial charge < -0.3 is 17.7 Å². The fourth-order valence-electron chi connectivity index (χ4n) is 0.999.